The number of imide groups is 2. The van der Waals surface area contributed by atoms with Crippen LogP contribution in [0.1, 0.15) is 84.5 Å². The number of piperazine rings is 2. The van der Waals surface area contributed by atoms with Crippen molar-refractivity contribution < 1.29 is 63.1 Å². The minimum absolute atomic E-state index is 0.00619. The van der Waals surface area contributed by atoms with E-state index >= 15 is 0 Å². The number of amides is 8. The van der Waals surface area contributed by atoms with Gasteiger partial charge < -0.3 is 40.7 Å². The second kappa shape index (κ2) is 23.4. The van der Waals surface area contributed by atoms with E-state index in [1.54, 1.807) is 37.5 Å². The normalized spacial score (nSPS) is 21.7. The Kier molecular flexibility index (Phi) is 17.0. The van der Waals surface area contributed by atoms with Crippen LogP contribution in [0.5, 0.6) is 0 Å². The molecule has 348 valence electrons. The van der Waals surface area contributed by atoms with Gasteiger partial charge in [0.15, 0.2) is 0 Å². The van der Waals surface area contributed by atoms with Crippen molar-refractivity contribution in [3.8, 4) is 0 Å². The van der Waals surface area contributed by atoms with E-state index in [4.69, 9.17) is 15.2 Å². The van der Waals surface area contributed by atoms with Gasteiger partial charge in [0.05, 0.1) is 23.7 Å². The molecule has 4 fully saturated rings. The average molecular weight is 895 g/mol. The summed E-state index contributed by atoms with van der Waals surface area (Å²) in [6, 6.07) is -0.629. The molecule has 4 N–H and O–H groups in total. The highest BCUT2D eigenvalue weighted by Gasteiger charge is 2.42. The van der Waals surface area contributed by atoms with E-state index in [2.05, 4.69) is 31.1 Å². The third kappa shape index (κ3) is 15.1. The summed E-state index contributed by atoms with van der Waals surface area (Å²) in [5.41, 5.74) is -1.75. The highest BCUT2D eigenvalue weighted by molar-refractivity contribution is 6.02. The first-order valence-corrected chi connectivity index (χ1v) is 20.7. The molecule has 62 heavy (non-hydrogen) atoms. The molecule has 0 aromatic carbocycles. The second-order valence-corrected chi connectivity index (χ2v) is 16.8. The maximum atomic E-state index is 12.8. The SMILES string of the molecule is [2H][13CH]([2H])N1[13CH2]CN([13CH3])[13CH2][13CH]1C(C)(C)C(=O)NCCC(=O)NCC[13C](=O)ON1C(=O)CCC1=O.[2H][13CH]([2H])N1[13CH2][13CH2]N([13CH3])[13CH2][13CH]1C(C)(C)C(=O)NCCC(=O)NCCC(=O)ON1C(=O)CCC1=O. The molecule has 0 aromatic rings. The van der Waals surface area contributed by atoms with Crippen LogP contribution in [0, 0.1) is 10.8 Å². The largest absolute Gasteiger partial charge is 0.355 e. The molecule has 4 heterocycles. The lowest BCUT2D eigenvalue weighted by molar-refractivity contribution is -0.197. The lowest BCUT2D eigenvalue weighted by Crippen LogP contribution is -2.60. The van der Waals surface area contributed by atoms with Crippen LogP contribution in [0.2, 0.25) is 0 Å². The molecule has 0 aromatic heterocycles. The number of carbonyl (C=O) groups excluding carboxylic acids is 10. The molecule has 22 heteroatoms. The lowest BCUT2D eigenvalue weighted by Gasteiger charge is -2.45. The summed E-state index contributed by atoms with van der Waals surface area (Å²) in [5, 5.41) is 11.4. The molecule has 0 radical (unpaired) electrons. The minimum atomic E-state index is -1.17. The van der Waals surface area contributed by atoms with Gasteiger partial charge in [-0.25, -0.2) is 9.59 Å². The number of hydrogen-bond donors (Lipinski definition) is 4. The number of nitrogens with zero attached hydrogens (tertiary/aromatic N) is 6. The lowest BCUT2D eigenvalue weighted by atomic mass is 9.99. The van der Waals surface area contributed by atoms with Crippen molar-refractivity contribution in [1.29, 1.82) is 0 Å². The first-order chi connectivity index (χ1) is 30.9. The van der Waals surface area contributed by atoms with Crippen molar-refractivity contribution in [3.63, 3.8) is 0 Å². The molecule has 0 saturated carbocycles. The summed E-state index contributed by atoms with van der Waals surface area (Å²) in [6.07, 6.45) is -0.409. The van der Waals surface area contributed by atoms with Crippen LogP contribution in [0.25, 0.3) is 0 Å². The molecule has 0 aliphatic carbocycles. The number of nitrogens with one attached hydrogen (secondary N) is 4. The topological polar surface area (TPSA) is 257 Å². The van der Waals surface area contributed by atoms with Crippen LogP contribution in [-0.2, 0) is 57.6 Å². The van der Waals surface area contributed by atoms with Crippen LogP contribution in [-0.4, -0.2) is 195 Å². The van der Waals surface area contributed by atoms with Gasteiger partial charge in [-0.2, -0.15) is 0 Å². The summed E-state index contributed by atoms with van der Waals surface area (Å²) in [4.78, 5) is 136. The molecule has 0 bridgehead atoms. The van der Waals surface area contributed by atoms with Crippen LogP contribution in [0.3, 0.4) is 0 Å². The zero-order chi connectivity index (χ0) is 49.5. The van der Waals surface area contributed by atoms with E-state index in [-0.39, 0.29) is 113 Å². The number of likely N-dealkylation sites (N-methyl/N-ethyl adjacent to an activating group) is 4. The van der Waals surface area contributed by atoms with Crippen LogP contribution in [0.15, 0.2) is 0 Å². The van der Waals surface area contributed by atoms with E-state index in [1.165, 1.54) is 0 Å². The van der Waals surface area contributed by atoms with Gasteiger partial charge in [0, 0.05) is 122 Å². The van der Waals surface area contributed by atoms with Gasteiger partial charge in [-0.1, -0.05) is 0 Å². The summed E-state index contributed by atoms with van der Waals surface area (Å²) in [5.74, 6) is -5.21. The van der Waals surface area contributed by atoms with Crippen LogP contribution >= 0.6 is 0 Å². The van der Waals surface area contributed by atoms with Gasteiger partial charge >= 0.3 is 11.9 Å². The Hall–Kier alpha value is -5.06. The van der Waals surface area contributed by atoms with Gasteiger partial charge in [-0.15, -0.1) is 10.1 Å². The van der Waals surface area contributed by atoms with Crippen molar-refractivity contribution in [1.82, 2.24) is 51.0 Å². The fourth-order valence-corrected chi connectivity index (χ4v) is 6.89. The van der Waals surface area contributed by atoms with E-state index in [0.29, 0.717) is 36.3 Å². The van der Waals surface area contributed by atoms with Gasteiger partial charge in [-0.3, -0.25) is 48.2 Å². The fraction of sp³-hybridized carbons (Fsp3) is 0.750. The fourth-order valence-electron chi connectivity index (χ4n) is 6.89. The third-order valence-corrected chi connectivity index (χ3v) is 11.1. The summed E-state index contributed by atoms with van der Waals surface area (Å²) in [6.45, 7) is 8.44. The molecule has 4 aliphatic rings. The maximum absolute atomic E-state index is 12.8. The van der Waals surface area contributed by atoms with Gasteiger partial charge in [0.1, 0.15) is 0 Å². The molecule has 8 amide bonds. The van der Waals surface area contributed by atoms with Crippen LogP contribution < -0.4 is 21.3 Å². The number of rotatable bonds is 18. The molecule has 2 atom stereocenters. The smallest absolute Gasteiger partial charge is 0.334 e. The highest BCUT2D eigenvalue weighted by Crippen LogP contribution is 2.29. The maximum Gasteiger partial charge on any atom is 0.334 e. The Bertz CT molecular complexity index is 1650. The Morgan fingerprint density at radius 3 is 1.19 bits per heavy atom. The van der Waals surface area contributed by atoms with E-state index in [1.807, 2.05) is 14.1 Å². The summed E-state index contributed by atoms with van der Waals surface area (Å²) >= 11 is 0. The Morgan fingerprint density at radius 2 is 0.871 bits per heavy atom. The predicted molar refractivity (Wildman–Crippen MR) is 220 cm³/mol. The third-order valence-electron chi connectivity index (χ3n) is 11.1. The average Bonchev–Trinajstić information content (AvgIpc) is 3.73. The molecule has 0 spiro atoms. The number of carbonyl (C=O) groups is 10. The zero-order valence-electron chi connectivity index (χ0n) is 40.6. The highest BCUT2D eigenvalue weighted by atomic mass is 16.8. The van der Waals surface area contributed by atoms with Crippen molar-refractivity contribution in [3.05, 3.63) is 0 Å². The van der Waals surface area contributed by atoms with Crippen LogP contribution in [0.4, 0.5) is 0 Å². The molecule has 22 nitrogen and oxygen atoms in total. The Balaban J connectivity index is 0.000000350. The van der Waals surface area contributed by atoms with E-state index in [9.17, 15) is 47.9 Å². The van der Waals surface area contributed by atoms with Crippen molar-refractivity contribution in [2.75, 3.05) is 93.5 Å². The number of hydroxylamine groups is 4. The molecular weight excluding hydrogens is 824 g/mol. The second-order valence-electron chi connectivity index (χ2n) is 16.8. The van der Waals surface area contributed by atoms with E-state index < -0.39 is 60.4 Å². The Morgan fingerprint density at radius 1 is 0.548 bits per heavy atom. The predicted octanol–water partition coefficient (Wildman–Crippen LogP) is -2.24. The van der Waals surface area contributed by atoms with Crippen molar-refractivity contribution >= 4 is 59.2 Å². The van der Waals surface area contributed by atoms with Gasteiger partial charge in [0.25, 0.3) is 23.6 Å². The number of hydrogen-bond acceptors (Lipinski definition) is 16. The molecular formula is C40H66N10O12. The van der Waals surface area contributed by atoms with Crippen molar-refractivity contribution in [2.24, 2.45) is 10.8 Å². The molecule has 4 aliphatic heterocycles. The van der Waals surface area contributed by atoms with Gasteiger partial charge in [-0.05, 0) is 55.8 Å². The Labute approximate surface area is 368 Å². The quantitative estimate of drug-likeness (QED) is 0.0838. The van der Waals surface area contributed by atoms with E-state index in [0.717, 1.165) is 13.1 Å². The zero-order valence-corrected chi connectivity index (χ0v) is 36.6. The van der Waals surface area contributed by atoms with Crippen molar-refractivity contribution in [2.45, 2.75) is 91.1 Å². The molecule has 4 rings (SSSR count). The van der Waals surface area contributed by atoms with Gasteiger partial charge in [0.2, 0.25) is 23.6 Å². The molecule has 2 unspecified atom stereocenters. The summed E-state index contributed by atoms with van der Waals surface area (Å²) < 4.78 is 31.1. The minimum Gasteiger partial charge on any atom is -0.355 e. The molecule has 4 saturated heterocycles. The monoisotopic (exact) mass is 895 g/mol. The standard InChI is InChI=1S/2C20H33N5O6/c2*1-20(2,14-13-23(3)11-12-24(14)4)19(30)22-9-7-15(26)21-10-8-18(29)31-25-16(27)5-6-17(25)28/h2*14H,5-13H2,1-4H3,(H,21,26)(H,22,30)/i3+1,4+1D2,12+1,13+1,14+1,18+1;3+1,4+1D2,11+1,12+1,13+1,14+1. The summed E-state index contributed by atoms with van der Waals surface area (Å²) in [7, 11) is 3.87. The first kappa shape index (κ1) is 45.0. The first-order valence-electron chi connectivity index (χ1n) is 23.0.